The molecule has 0 aliphatic heterocycles. The van der Waals surface area contributed by atoms with E-state index in [4.69, 9.17) is 0 Å². The van der Waals surface area contributed by atoms with Gasteiger partial charge in [-0.05, 0) is 31.2 Å². The first kappa shape index (κ1) is 20.3. The fourth-order valence-corrected chi connectivity index (χ4v) is 4.38. The number of nitrogens with zero attached hydrogens (tertiary/aromatic N) is 2. The lowest BCUT2D eigenvalue weighted by Crippen LogP contribution is -2.26. The Labute approximate surface area is 166 Å². The van der Waals surface area contributed by atoms with Crippen molar-refractivity contribution >= 4 is 38.4 Å². The third-order valence-corrected chi connectivity index (χ3v) is 6.23. The molecule has 0 aliphatic carbocycles. The van der Waals surface area contributed by atoms with E-state index in [9.17, 15) is 22.8 Å². The van der Waals surface area contributed by atoms with Crippen LogP contribution < -0.4 is 11.0 Å². The van der Waals surface area contributed by atoms with Gasteiger partial charge in [0.2, 0.25) is 9.84 Å². The van der Waals surface area contributed by atoms with Gasteiger partial charge in [0, 0.05) is 14.1 Å². The number of fused-ring (bicyclic) bond motifs is 1. The van der Waals surface area contributed by atoms with Crippen LogP contribution >= 0.6 is 0 Å². The highest BCUT2D eigenvalue weighted by molar-refractivity contribution is 7.91. The summed E-state index contributed by atoms with van der Waals surface area (Å²) in [7, 11) is -1.02. The maximum Gasteiger partial charge on any atom is 0.397 e. The van der Waals surface area contributed by atoms with Gasteiger partial charge < -0.3 is 10.1 Å². The molecule has 9 nitrogen and oxygen atoms in total. The van der Waals surface area contributed by atoms with Gasteiger partial charge in [-0.3, -0.25) is 13.9 Å². The number of anilines is 1. The molecule has 0 spiro atoms. The molecule has 0 bridgehead atoms. The number of nitrogens with one attached hydrogen (secondary N) is 1. The molecule has 0 fully saturated rings. The predicted molar refractivity (Wildman–Crippen MR) is 105 cm³/mol. The number of ether oxygens (including phenoxy) is 1. The first-order valence-corrected chi connectivity index (χ1v) is 10.1. The van der Waals surface area contributed by atoms with Crippen LogP contribution in [-0.4, -0.2) is 36.0 Å². The van der Waals surface area contributed by atoms with Crippen LogP contribution in [0, 0.1) is 0 Å². The van der Waals surface area contributed by atoms with Crippen LogP contribution in [0.3, 0.4) is 0 Å². The van der Waals surface area contributed by atoms with E-state index in [2.05, 4.69) is 10.1 Å². The molecule has 1 N–H and O–H groups in total. The normalized spacial score (nSPS) is 11.4. The van der Waals surface area contributed by atoms with Crippen molar-refractivity contribution in [3.05, 3.63) is 52.9 Å². The third-order valence-electron chi connectivity index (χ3n) is 4.43. The smallest absolute Gasteiger partial charge is 0.397 e. The first-order valence-electron chi connectivity index (χ1n) is 8.66. The maximum atomic E-state index is 13.2. The van der Waals surface area contributed by atoms with Crippen LogP contribution in [0.15, 0.2) is 57.1 Å². The first-order chi connectivity index (χ1) is 13.7. The van der Waals surface area contributed by atoms with Crippen molar-refractivity contribution < 1.29 is 22.7 Å². The quantitative estimate of drug-likeness (QED) is 0.504. The van der Waals surface area contributed by atoms with E-state index in [1.165, 1.54) is 47.5 Å². The highest BCUT2D eigenvalue weighted by Gasteiger charge is 2.26. The minimum absolute atomic E-state index is 0.00630. The zero-order valence-electron chi connectivity index (χ0n) is 16.0. The number of sulfone groups is 1. The number of benzene rings is 2. The summed E-state index contributed by atoms with van der Waals surface area (Å²) in [6.07, 6.45) is 0. The predicted octanol–water partition coefficient (Wildman–Crippen LogP) is 1.21. The Hall–Kier alpha value is -3.40. The highest BCUT2D eigenvalue weighted by atomic mass is 32.2. The molecule has 152 valence electrons. The van der Waals surface area contributed by atoms with Gasteiger partial charge in [-0.25, -0.2) is 18.0 Å². The number of carbonyl (C=O) groups excluding carboxylic acids is 2. The van der Waals surface area contributed by atoms with E-state index in [0.717, 1.165) is 0 Å². The van der Waals surface area contributed by atoms with Gasteiger partial charge in [0.1, 0.15) is 0 Å². The Kier molecular flexibility index (Phi) is 5.29. The minimum Gasteiger partial charge on any atom is -0.459 e. The maximum absolute atomic E-state index is 13.2. The molecule has 1 heterocycles. The Morgan fingerprint density at radius 1 is 1.03 bits per heavy atom. The number of esters is 1. The summed E-state index contributed by atoms with van der Waals surface area (Å²) in [5, 5.41) is 2.30. The summed E-state index contributed by atoms with van der Waals surface area (Å²) >= 11 is 0. The fourth-order valence-electron chi connectivity index (χ4n) is 2.94. The molecule has 3 rings (SSSR count). The van der Waals surface area contributed by atoms with Crippen LogP contribution in [0.25, 0.3) is 11.0 Å². The minimum atomic E-state index is -4.06. The summed E-state index contributed by atoms with van der Waals surface area (Å²) in [5.41, 5.74) is 0.266. The van der Waals surface area contributed by atoms with Crippen LogP contribution in [0.4, 0.5) is 5.69 Å². The van der Waals surface area contributed by atoms with Gasteiger partial charge in [0.25, 0.3) is 0 Å². The molecule has 1 aromatic heterocycles. The highest BCUT2D eigenvalue weighted by Crippen LogP contribution is 2.31. The van der Waals surface area contributed by atoms with Crippen molar-refractivity contribution in [2.75, 3.05) is 11.9 Å². The van der Waals surface area contributed by atoms with Crippen molar-refractivity contribution in [3.63, 3.8) is 0 Å². The number of carbonyl (C=O) groups is 2. The van der Waals surface area contributed by atoms with Crippen molar-refractivity contribution in [1.29, 1.82) is 0 Å². The summed E-state index contributed by atoms with van der Waals surface area (Å²) < 4.78 is 33.7. The number of hydrogen-bond donors (Lipinski definition) is 1. The summed E-state index contributed by atoms with van der Waals surface area (Å²) in [5.74, 6) is -2.26. The third kappa shape index (κ3) is 3.54. The Morgan fingerprint density at radius 2 is 1.62 bits per heavy atom. The van der Waals surface area contributed by atoms with Crippen LogP contribution in [0.1, 0.15) is 6.92 Å². The van der Waals surface area contributed by atoms with Gasteiger partial charge in [-0.1, -0.05) is 18.2 Å². The van der Waals surface area contributed by atoms with Crippen molar-refractivity contribution in [2.24, 2.45) is 14.1 Å². The van der Waals surface area contributed by atoms with E-state index in [-0.39, 0.29) is 27.8 Å². The molecule has 0 unspecified atom stereocenters. The number of amides is 1. The van der Waals surface area contributed by atoms with Crippen molar-refractivity contribution in [3.8, 4) is 0 Å². The fraction of sp³-hybridized carbons (Fsp3) is 0.211. The average molecular weight is 417 g/mol. The number of rotatable bonds is 4. The zero-order valence-corrected chi connectivity index (χ0v) is 16.8. The molecule has 1 amide bonds. The standard InChI is InChI=1S/C19H19N3O6S/c1-4-28-18(24)17(23)20-13-10-14-15(22(3)19(25)21(14)2)11-16(13)29(26,27)12-8-6-5-7-9-12/h5-11H,4H2,1-3H3,(H,20,23). The van der Waals surface area contributed by atoms with Gasteiger partial charge in [0.05, 0.1) is 33.1 Å². The lowest BCUT2D eigenvalue weighted by atomic mass is 10.2. The molecule has 10 heteroatoms. The number of hydrogen-bond acceptors (Lipinski definition) is 6. The average Bonchev–Trinajstić information content (AvgIpc) is 2.92. The SMILES string of the molecule is CCOC(=O)C(=O)Nc1cc2c(cc1S(=O)(=O)c1ccccc1)n(C)c(=O)n2C. The van der Waals surface area contributed by atoms with E-state index < -0.39 is 21.7 Å². The van der Waals surface area contributed by atoms with Crippen LogP contribution in [0.5, 0.6) is 0 Å². The van der Waals surface area contributed by atoms with E-state index in [1.54, 1.807) is 25.1 Å². The molecule has 29 heavy (non-hydrogen) atoms. The van der Waals surface area contributed by atoms with E-state index in [1.807, 2.05) is 0 Å². The lowest BCUT2D eigenvalue weighted by Gasteiger charge is -2.13. The number of aromatic nitrogens is 2. The monoisotopic (exact) mass is 417 g/mol. The molecular weight excluding hydrogens is 398 g/mol. The second kappa shape index (κ2) is 7.55. The summed E-state index contributed by atoms with van der Waals surface area (Å²) in [4.78, 5) is 35.9. The molecular formula is C19H19N3O6S. The second-order valence-electron chi connectivity index (χ2n) is 6.23. The Bertz CT molecular complexity index is 1270. The molecule has 0 atom stereocenters. The molecule has 2 aromatic carbocycles. The molecule has 0 aliphatic rings. The largest absolute Gasteiger partial charge is 0.459 e. The van der Waals surface area contributed by atoms with Crippen LogP contribution in [0.2, 0.25) is 0 Å². The van der Waals surface area contributed by atoms with Crippen LogP contribution in [-0.2, 0) is 38.3 Å². The lowest BCUT2D eigenvalue weighted by molar-refractivity contribution is -0.152. The Balaban J connectivity index is 2.26. The van der Waals surface area contributed by atoms with Crippen molar-refractivity contribution in [2.45, 2.75) is 16.7 Å². The molecule has 3 aromatic rings. The second-order valence-corrected chi connectivity index (χ2v) is 8.15. The summed E-state index contributed by atoms with van der Waals surface area (Å²) in [6.45, 7) is 1.54. The van der Waals surface area contributed by atoms with Crippen molar-refractivity contribution in [1.82, 2.24) is 9.13 Å². The number of imidazole rings is 1. The van der Waals surface area contributed by atoms with E-state index >= 15 is 0 Å². The topological polar surface area (TPSA) is 116 Å². The zero-order chi connectivity index (χ0) is 21.3. The van der Waals surface area contributed by atoms with Gasteiger partial charge in [0.15, 0.2) is 0 Å². The molecule has 0 saturated heterocycles. The molecule has 0 radical (unpaired) electrons. The van der Waals surface area contributed by atoms with Gasteiger partial charge in [-0.2, -0.15) is 0 Å². The number of aryl methyl sites for hydroxylation is 2. The summed E-state index contributed by atoms with van der Waals surface area (Å²) in [6, 6.07) is 10.3. The van der Waals surface area contributed by atoms with E-state index in [0.29, 0.717) is 11.0 Å². The van der Waals surface area contributed by atoms with Gasteiger partial charge >= 0.3 is 17.6 Å². The molecule has 0 saturated carbocycles. The Morgan fingerprint density at radius 3 is 2.21 bits per heavy atom. The van der Waals surface area contributed by atoms with Gasteiger partial charge in [-0.15, -0.1) is 0 Å².